The van der Waals surface area contributed by atoms with Crippen molar-refractivity contribution in [1.82, 2.24) is 5.16 Å². The van der Waals surface area contributed by atoms with Gasteiger partial charge in [0.15, 0.2) is 11.6 Å². The van der Waals surface area contributed by atoms with Crippen LogP contribution in [0.1, 0.15) is 0 Å². The molecule has 0 aliphatic heterocycles. The second-order valence-corrected chi connectivity index (χ2v) is 3.16. The average molecular weight is 241 g/mol. The highest BCUT2D eigenvalue weighted by Crippen LogP contribution is 2.31. The normalized spacial score (nSPS) is 10.5. The van der Waals surface area contributed by atoms with Gasteiger partial charge in [-0.1, -0.05) is 5.16 Å². The maximum Gasteiger partial charge on any atom is 0.282 e. The Hall–Kier alpha value is -2.51. The summed E-state index contributed by atoms with van der Waals surface area (Å²) in [5.41, 5.74) is 4.40. The van der Waals surface area contributed by atoms with Gasteiger partial charge in [-0.15, -0.1) is 0 Å². The largest absolute Gasteiger partial charge is 0.368 e. The Kier molecular flexibility index (Phi) is 2.47. The standard InChI is InChI=1S/C9H5F2N3O3/c10-5-1-4(7-3-9(12)17-13-7)8(14(15)16)2-6(5)11/h1-3H,12H2. The van der Waals surface area contributed by atoms with Crippen molar-refractivity contribution < 1.29 is 18.2 Å². The van der Waals surface area contributed by atoms with Gasteiger partial charge in [0.2, 0.25) is 5.88 Å². The molecular formula is C9H5F2N3O3. The third-order valence-corrected chi connectivity index (χ3v) is 2.04. The Morgan fingerprint density at radius 1 is 1.29 bits per heavy atom. The quantitative estimate of drug-likeness (QED) is 0.641. The number of rotatable bonds is 2. The first-order chi connectivity index (χ1) is 7.99. The van der Waals surface area contributed by atoms with E-state index in [1.165, 1.54) is 6.07 Å². The molecule has 0 saturated carbocycles. The van der Waals surface area contributed by atoms with E-state index in [0.717, 1.165) is 0 Å². The fourth-order valence-electron chi connectivity index (χ4n) is 1.31. The number of nitro groups is 1. The van der Waals surface area contributed by atoms with E-state index in [-0.39, 0.29) is 17.1 Å². The second kappa shape index (κ2) is 3.81. The lowest BCUT2D eigenvalue weighted by Gasteiger charge is -2.00. The number of nitro benzene ring substituents is 1. The SMILES string of the molecule is Nc1cc(-c2cc(F)c(F)cc2[N+](=O)[O-])no1. The lowest BCUT2D eigenvalue weighted by molar-refractivity contribution is -0.384. The number of aromatic nitrogens is 1. The molecule has 0 atom stereocenters. The van der Waals surface area contributed by atoms with E-state index in [1.807, 2.05) is 0 Å². The van der Waals surface area contributed by atoms with E-state index in [0.29, 0.717) is 12.1 Å². The van der Waals surface area contributed by atoms with Crippen LogP contribution < -0.4 is 5.73 Å². The zero-order valence-corrected chi connectivity index (χ0v) is 8.18. The van der Waals surface area contributed by atoms with Crippen molar-refractivity contribution in [3.8, 4) is 11.3 Å². The van der Waals surface area contributed by atoms with Gasteiger partial charge in [0.1, 0.15) is 5.69 Å². The highest BCUT2D eigenvalue weighted by atomic mass is 19.2. The molecule has 0 bridgehead atoms. The molecule has 1 aromatic carbocycles. The second-order valence-electron chi connectivity index (χ2n) is 3.16. The first-order valence-corrected chi connectivity index (χ1v) is 4.35. The fraction of sp³-hybridized carbons (Fsp3) is 0. The van der Waals surface area contributed by atoms with Crippen LogP contribution in [-0.2, 0) is 0 Å². The van der Waals surface area contributed by atoms with Gasteiger partial charge in [0, 0.05) is 6.07 Å². The van der Waals surface area contributed by atoms with Crippen molar-refractivity contribution in [3.05, 3.63) is 39.9 Å². The Morgan fingerprint density at radius 2 is 1.94 bits per heavy atom. The highest BCUT2D eigenvalue weighted by molar-refractivity contribution is 5.71. The molecule has 0 aliphatic rings. The molecule has 0 radical (unpaired) electrons. The van der Waals surface area contributed by atoms with Crippen LogP contribution in [0.25, 0.3) is 11.3 Å². The van der Waals surface area contributed by atoms with Crippen LogP contribution in [0.5, 0.6) is 0 Å². The van der Waals surface area contributed by atoms with E-state index >= 15 is 0 Å². The van der Waals surface area contributed by atoms with Crippen molar-refractivity contribution in [2.75, 3.05) is 5.73 Å². The fourth-order valence-corrected chi connectivity index (χ4v) is 1.31. The highest BCUT2D eigenvalue weighted by Gasteiger charge is 2.22. The molecule has 0 unspecified atom stereocenters. The summed E-state index contributed by atoms with van der Waals surface area (Å²) in [6.45, 7) is 0. The molecule has 1 heterocycles. The Balaban J connectivity index is 2.67. The first-order valence-electron chi connectivity index (χ1n) is 4.35. The molecule has 0 fully saturated rings. The molecule has 0 aliphatic carbocycles. The van der Waals surface area contributed by atoms with Crippen molar-refractivity contribution in [1.29, 1.82) is 0 Å². The number of benzene rings is 1. The number of nitrogens with two attached hydrogens (primary N) is 1. The van der Waals surface area contributed by atoms with Gasteiger partial charge in [-0.05, 0) is 6.07 Å². The number of nitrogen functional groups attached to an aromatic ring is 1. The van der Waals surface area contributed by atoms with E-state index in [4.69, 9.17) is 5.73 Å². The summed E-state index contributed by atoms with van der Waals surface area (Å²) in [4.78, 5) is 9.85. The molecule has 6 nitrogen and oxygen atoms in total. The van der Waals surface area contributed by atoms with Gasteiger partial charge in [0.05, 0.1) is 16.6 Å². The van der Waals surface area contributed by atoms with Crippen LogP contribution in [0, 0.1) is 21.7 Å². The number of anilines is 1. The van der Waals surface area contributed by atoms with Crippen LogP contribution in [0.15, 0.2) is 22.7 Å². The summed E-state index contributed by atoms with van der Waals surface area (Å²) >= 11 is 0. The van der Waals surface area contributed by atoms with E-state index in [1.54, 1.807) is 0 Å². The zero-order chi connectivity index (χ0) is 12.6. The Bertz CT molecular complexity index is 597. The molecule has 17 heavy (non-hydrogen) atoms. The molecule has 0 saturated heterocycles. The van der Waals surface area contributed by atoms with Gasteiger partial charge in [-0.25, -0.2) is 8.78 Å². The molecule has 0 spiro atoms. The number of hydrogen-bond donors (Lipinski definition) is 1. The van der Waals surface area contributed by atoms with E-state index in [2.05, 4.69) is 9.68 Å². The van der Waals surface area contributed by atoms with Crippen LogP contribution in [0.2, 0.25) is 0 Å². The number of hydrogen-bond acceptors (Lipinski definition) is 5. The lowest BCUT2D eigenvalue weighted by atomic mass is 10.1. The molecule has 8 heteroatoms. The van der Waals surface area contributed by atoms with Crippen molar-refractivity contribution in [3.63, 3.8) is 0 Å². The van der Waals surface area contributed by atoms with Crippen molar-refractivity contribution in [2.24, 2.45) is 0 Å². The minimum atomic E-state index is -1.31. The van der Waals surface area contributed by atoms with Gasteiger partial charge < -0.3 is 10.3 Å². The third-order valence-electron chi connectivity index (χ3n) is 2.04. The first kappa shape index (κ1) is 11.0. The Morgan fingerprint density at radius 3 is 2.47 bits per heavy atom. The molecule has 2 N–H and O–H groups in total. The summed E-state index contributed by atoms with van der Waals surface area (Å²) in [5.74, 6) is -2.61. The molecular weight excluding hydrogens is 236 g/mol. The Labute approximate surface area is 92.8 Å². The van der Waals surface area contributed by atoms with Gasteiger partial charge in [-0.3, -0.25) is 10.1 Å². The summed E-state index contributed by atoms with van der Waals surface area (Å²) in [7, 11) is 0. The minimum absolute atomic E-state index is 0.0342. The van der Waals surface area contributed by atoms with Crippen molar-refractivity contribution in [2.45, 2.75) is 0 Å². The minimum Gasteiger partial charge on any atom is -0.368 e. The maximum atomic E-state index is 13.0. The third kappa shape index (κ3) is 1.92. The molecule has 2 aromatic rings. The van der Waals surface area contributed by atoms with E-state index in [9.17, 15) is 18.9 Å². The average Bonchev–Trinajstić information content (AvgIpc) is 2.68. The van der Waals surface area contributed by atoms with Crippen LogP contribution in [0.4, 0.5) is 20.4 Å². The van der Waals surface area contributed by atoms with Gasteiger partial charge in [0.25, 0.3) is 5.69 Å². The molecule has 2 rings (SSSR count). The maximum absolute atomic E-state index is 13.0. The zero-order valence-electron chi connectivity index (χ0n) is 8.18. The predicted octanol–water partition coefficient (Wildman–Crippen LogP) is 2.11. The van der Waals surface area contributed by atoms with Crippen LogP contribution >= 0.6 is 0 Å². The molecule has 0 amide bonds. The summed E-state index contributed by atoms with van der Waals surface area (Å²) in [5, 5.41) is 14.1. The van der Waals surface area contributed by atoms with Gasteiger partial charge in [-0.2, -0.15) is 0 Å². The van der Waals surface area contributed by atoms with Crippen molar-refractivity contribution >= 4 is 11.6 Å². The van der Waals surface area contributed by atoms with Gasteiger partial charge >= 0.3 is 0 Å². The smallest absolute Gasteiger partial charge is 0.282 e. The predicted molar refractivity (Wildman–Crippen MR) is 52.9 cm³/mol. The molecule has 1 aromatic heterocycles. The summed E-state index contributed by atoms with van der Waals surface area (Å²) in [6, 6.07) is 2.33. The van der Waals surface area contributed by atoms with Crippen LogP contribution in [0.3, 0.4) is 0 Å². The summed E-state index contributed by atoms with van der Waals surface area (Å²) in [6.07, 6.45) is 0. The monoisotopic (exact) mass is 241 g/mol. The number of nitrogens with zero attached hydrogens (tertiary/aromatic N) is 2. The lowest BCUT2D eigenvalue weighted by Crippen LogP contribution is -1.96. The number of halogens is 2. The van der Waals surface area contributed by atoms with Crippen LogP contribution in [-0.4, -0.2) is 10.1 Å². The molecule has 88 valence electrons. The summed E-state index contributed by atoms with van der Waals surface area (Å²) < 4.78 is 30.4. The van der Waals surface area contributed by atoms with E-state index < -0.39 is 22.2 Å². The topological polar surface area (TPSA) is 95.2 Å².